The number of carbonyl (C=O) groups excluding carboxylic acids is 1. The second-order valence-corrected chi connectivity index (χ2v) is 3.97. The minimum Gasteiger partial charge on any atom is -0.460 e. The molecule has 0 aromatic carbocycles. The van der Waals surface area contributed by atoms with E-state index in [0.29, 0.717) is 23.3 Å². The number of aryl methyl sites for hydroxylation is 1. The van der Waals surface area contributed by atoms with Crippen LogP contribution in [0, 0.1) is 4.51 Å². The van der Waals surface area contributed by atoms with E-state index in [9.17, 15) is 4.79 Å². The van der Waals surface area contributed by atoms with Crippen LogP contribution in [-0.2, 0) is 11.2 Å². The van der Waals surface area contributed by atoms with Gasteiger partial charge in [-0.1, -0.05) is 19.1 Å². The first-order valence-corrected chi connectivity index (χ1v) is 5.90. The maximum atomic E-state index is 11.7. The zero-order chi connectivity index (χ0) is 12.4. The highest BCUT2D eigenvalue weighted by molar-refractivity contribution is 7.71. The van der Waals surface area contributed by atoms with Gasteiger partial charge in [-0.25, -0.2) is 4.79 Å². The zero-order valence-electron chi connectivity index (χ0n) is 9.70. The zero-order valence-corrected chi connectivity index (χ0v) is 10.5. The maximum absolute atomic E-state index is 11.7. The Morgan fingerprint density at radius 2 is 2.29 bits per heavy atom. The summed E-state index contributed by atoms with van der Waals surface area (Å²) in [6.45, 7) is 4.04. The summed E-state index contributed by atoms with van der Waals surface area (Å²) in [5.74, 6) is -0.193. The molecule has 2 heterocycles. The Labute approximate surface area is 104 Å². The summed E-state index contributed by atoms with van der Waals surface area (Å²) in [5, 5.41) is 0.799. The van der Waals surface area contributed by atoms with Crippen LogP contribution in [0.5, 0.6) is 0 Å². The molecule has 0 aliphatic rings. The van der Waals surface area contributed by atoms with Gasteiger partial charge in [0.05, 0.1) is 16.5 Å². The molecule has 0 radical (unpaired) electrons. The van der Waals surface area contributed by atoms with Gasteiger partial charge in [0.25, 0.3) is 0 Å². The van der Waals surface area contributed by atoms with E-state index in [-0.39, 0.29) is 5.76 Å². The predicted octanol–water partition coefficient (Wildman–Crippen LogP) is 3.23. The van der Waals surface area contributed by atoms with E-state index in [1.807, 2.05) is 6.92 Å². The Hall–Kier alpha value is -1.62. The van der Waals surface area contributed by atoms with E-state index >= 15 is 0 Å². The highest BCUT2D eigenvalue weighted by Gasteiger charge is 2.21. The second kappa shape index (κ2) is 4.71. The van der Waals surface area contributed by atoms with Gasteiger partial charge in [0.2, 0.25) is 11.5 Å². The fourth-order valence-corrected chi connectivity index (χ4v) is 2.09. The average Bonchev–Trinajstić information content (AvgIpc) is 2.69. The van der Waals surface area contributed by atoms with Crippen molar-refractivity contribution in [2.24, 2.45) is 0 Å². The lowest BCUT2D eigenvalue weighted by molar-refractivity contribution is 0.0490. The van der Waals surface area contributed by atoms with Crippen LogP contribution in [0.4, 0.5) is 0 Å². The summed E-state index contributed by atoms with van der Waals surface area (Å²) in [6.07, 6.45) is 2.37. The van der Waals surface area contributed by atoms with Crippen molar-refractivity contribution < 1.29 is 13.9 Å². The summed E-state index contributed by atoms with van der Waals surface area (Å²) in [7, 11) is 0. The third-order valence-corrected chi connectivity index (χ3v) is 2.86. The van der Waals surface area contributed by atoms with Crippen molar-refractivity contribution in [3.05, 3.63) is 28.1 Å². The van der Waals surface area contributed by atoms with Crippen LogP contribution in [0.15, 0.2) is 16.7 Å². The minimum absolute atomic E-state index is 0.248. The molecule has 1 N–H and O–H groups in total. The van der Waals surface area contributed by atoms with Gasteiger partial charge in [0.15, 0.2) is 0 Å². The molecule has 17 heavy (non-hydrogen) atoms. The molecule has 2 rings (SSSR count). The molecule has 0 atom stereocenters. The standard InChI is InChI=1S/C12H13NO3S/c1-3-7-9-8(17)5-6-13-11(9)16-10(7)12(14)15-4-2/h5-6H,3-4H2,1-2H3,(H,13,17). The monoisotopic (exact) mass is 251 g/mol. The number of carbonyl (C=O) groups is 1. The molecular weight excluding hydrogens is 238 g/mol. The third-order valence-electron chi connectivity index (χ3n) is 2.52. The lowest BCUT2D eigenvalue weighted by Gasteiger charge is -1.99. The summed E-state index contributed by atoms with van der Waals surface area (Å²) < 4.78 is 11.1. The topological polar surface area (TPSA) is 55.2 Å². The average molecular weight is 251 g/mol. The Morgan fingerprint density at radius 3 is 2.94 bits per heavy atom. The number of rotatable bonds is 3. The fraction of sp³-hybridized carbons (Fsp3) is 0.333. The number of esters is 1. The van der Waals surface area contributed by atoms with Gasteiger partial charge in [0.1, 0.15) is 0 Å². The summed E-state index contributed by atoms with van der Waals surface area (Å²) in [4.78, 5) is 14.7. The number of fused-ring (bicyclic) bond motifs is 1. The van der Waals surface area contributed by atoms with Crippen LogP contribution < -0.4 is 0 Å². The number of furan rings is 1. The number of hydrogen-bond acceptors (Lipinski definition) is 4. The van der Waals surface area contributed by atoms with Crippen LogP contribution in [0.2, 0.25) is 0 Å². The van der Waals surface area contributed by atoms with Crippen molar-refractivity contribution in [2.45, 2.75) is 20.3 Å². The summed E-state index contributed by atoms with van der Waals surface area (Å²) in [5.41, 5.74) is 1.33. The molecule has 0 saturated carbocycles. The first-order valence-electron chi connectivity index (χ1n) is 5.49. The van der Waals surface area contributed by atoms with Crippen LogP contribution in [-0.4, -0.2) is 17.6 Å². The van der Waals surface area contributed by atoms with Crippen molar-refractivity contribution in [1.82, 2.24) is 4.98 Å². The largest absolute Gasteiger partial charge is 0.460 e. The van der Waals surface area contributed by atoms with Crippen LogP contribution in [0.25, 0.3) is 11.1 Å². The highest BCUT2D eigenvalue weighted by Crippen LogP contribution is 2.26. The van der Waals surface area contributed by atoms with Gasteiger partial charge in [-0.05, 0) is 19.4 Å². The van der Waals surface area contributed by atoms with Crippen molar-refractivity contribution in [1.29, 1.82) is 0 Å². The molecule has 0 bridgehead atoms. The van der Waals surface area contributed by atoms with Crippen molar-refractivity contribution in [3.8, 4) is 0 Å². The molecule has 0 aliphatic carbocycles. The molecule has 0 fully saturated rings. The molecule has 4 nitrogen and oxygen atoms in total. The first-order chi connectivity index (χ1) is 8.19. The molecule has 2 aromatic heterocycles. The SMILES string of the molecule is CCOC(=O)c1oc2[nH]ccc(=S)c2c1CC. The van der Waals surface area contributed by atoms with E-state index in [2.05, 4.69) is 4.98 Å². The predicted molar refractivity (Wildman–Crippen MR) is 66.7 cm³/mol. The number of H-pyrrole nitrogens is 1. The molecule has 0 spiro atoms. The van der Waals surface area contributed by atoms with Crippen LogP contribution >= 0.6 is 12.2 Å². The number of pyridine rings is 1. The molecular formula is C12H13NO3S. The van der Waals surface area contributed by atoms with Crippen LogP contribution in [0.1, 0.15) is 30.0 Å². The van der Waals surface area contributed by atoms with E-state index in [0.717, 1.165) is 10.9 Å². The van der Waals surface area contributed by atoms with Gasteiger partial charge in [-0.2, -0.15) is 0 Å². The highest BCUT2D eigenvalue weighted by atomic mass is 32.1. The Kier molecular flexibility index (Phi) is 3.28. The fourth-order valence-electron chi connectivity index (χ4n) is 1.80. The van der Waals surface area contributed by atoms with Gasteiger partial charge < -0.3 is 14.1 Å². The van der Waals surface area contributed by atoms with Gasteiger partial charge in [-0.3, -0.25) is 0 Å². The second-order valence-electron chi connectivity index (χ2n) is 3.53. The Balaban J connectivity index is 2.69. The molecule has 0 amide bonds. The van der Waals surface area contributed by atoms with E-state index in [1.54, 1.807) is 19.2 Å². The van der Waals surface area contributed by atoms with E-state index < -0.39 is 5.97 Å². The summed E-state index contributed by atoms with van der Waals surface area (Å²) in [6, 6.07) is 1.78. The van der Waals surface area contributed by atoms with Gasteiger partial charge >= 0.3 is 5.97 Å². The molecule has 5 heteroatoms. The Bertz CT molecular complexity index is 612. The lowest BCUT2D eigenvalue weighted by Crippen LogP contribution is -2.05. The quantitative estimate of drug-likeness (QED) is 0.672. The number of aromatic amines is 1. The molecule has 90 valence electrons. The molecule has 2 aromatic rings. The maximum Gasteiger partial charge on any atom is 0.374 e. The van der Waals surface area contributed by atoms with Gasteiger partial charge in [-0.15, -0.1) is 0 Å². The Morgan fingerprint density at radius 1 is 1.53 bits per heavy atom. The van der Waals surface area contributed by atoms with Crippen molar-refractivity contribution >= 4 is 29.3 Å². The lowest BCUT2D eigenvalue weighted by atomic mass is 10.1. The number of nitrogens with one attached hydrogen (secondary N) is 1. The van der Waals surface area contributed by atoms with E-state index in [1.165, 1.54) is 0 Å². The third kappa shape index (κ3) is 1.98. The van der Waals surface area contributed by atoms with E-state index in [4.69, 9.17) is 21.4 Å². The number of hydrogen-bond donors (Lipinski definition) is 1. The van der Waals surface area contributed by atoms with Crippen molar-refractivity contribution in [3.63, 3.8) is 0 Å². The molecule has 0 saturated heterocycles. The molecule has 0 aliphatic heterocycles. The molecule has 0 unspecified atom stereocenters. The van der Waals surface area contributed by atoms with Crippen LogP contribution in [0.3, 0.4) is 0 Å². The number of ether oxygens (including phenoxy) is 1. The summed E-state index contributed by atoms with van der Waals surface area (Å²) >= 11 is 5.24. The minimum atomic E-state index is -0.441. The number of aromatic nitrogens is 1. The van der Waals surface area contributed by atoms with Crippen molar-refractivity contribution in [2.75, 3.05) is 6.61 Å². The first kappa shape index (κ1) is 11.9. The normalized spacial score (nSPS) is 10.7. The van der Waals surface area contributed by atoms with Gasteiger partial charge in [0, 0.05) is 11.8 Å². The smallest absolute Gasteiger partial charge is 0.374 e.